The first-order chi connectivity index (χ1) is 8.56. The number of halogens is 1. The van der Waals surface area contributed by atoms with E-state index >= 15 is 0 Å². The maximum absolute atomic E-state index is 11.6. The minimum absolute atomic E-state index is 0.0511. The standard InChI is InChI=1S/C12H16ClNO3S/c1-8(6-15)18-7-12(16)14-9-3-4-11(17-2)10(13)5-9/h3-5,8,15H,6-7H2,1-2H3,(H,14,16). The Bertz CT molecular complexity index is 414. The van der Waals surface area contributed by atoms with Gasteiger partial charge in [0.05, 0.1) is 24.5 Å². The van der Waals surface area contributed by atoms with Gasteiger partial charge in [-0.05, 0) is 18.2 Å². The normalized spacial score (nSPS) is 12.0. The molecule has 18 heavy (non-hydrogen) atoms. The van der Waals surface area contributed by atoms with E-state index in [1.165, 1.54) is 18.9 Å². The number of aliphatic hydroxyl groups excluding tert-OH is 1. The van der Waals surface area contributed by atoms with Crippen molar-refractivity contribution in [1.82, 2.24) is 0 Å². The third-order valence-corrected chi connectivity index (χ3v) is 3.63. The molecule has 6 heteroatoms. The van der Waals surface area contributed by atoms with Gasteiger partial charge in [-0.15, -0.1) is 11.8 Å². The molecule has 0 saturated carbocycles. The van der Waals surface area contributed by atoms with Crippen LogP contribution in [0.2, 0.25) is 5.02 Å². The predicted octanol–water partition coefficient (Wildman–Crippen LogP) is 2.40. The second-order valence-electron chi connectivity index (χ2n) is 3.70. The molecule has 0 saturated heterocycles. The third-order valence-electron chi connectivity index (χ3n) is 2.19. The second kappa shape index (κ2) is 7.51. The molecule has 1 aromatic carbocycles. The number of rotatable bonds is 6. The van der Waals surface area contributed by atoms with Crippen LogP contribution in [0.25, 0.3) is 0 Å². The van der Waals surface area contributed by atoms with Crippen LogP contribution < -0.4 is 10.1 Å². The molecule has 0 aliphatic carbocycles. The summed E-state index contributed by atoms with van der Waals surface area (Å²) in [5.41, 5.74) is 0.628. The van der Waals surface area contributed by atoms with Crippen molar-refractivity contribution >= 4 is 35.0 Å². The first-order valence-corrected chi connectivity index (χ1v) is 6.85. The summed E-state index contributed by atoms with van der Waals surface area (Å²) in [5.74, 6) is 0.741. The number of hydrogen-bond acceptors (Lipinski definition) is 4. The lowest BCUT2D eigenvalue weighted by Gasteiger charge is -2.09. The molecule has 1 atom stereocenters. The van der Waals surface area contributed by atoms with Gasteiger partial charge in [-0.1, -0.05) is 18.5 Å². The zero-order valence-electron chi connectivity index (χ0n) is 10.3. The quantitative estimate of drug-likeness (QED) is 0.844. The minimum Gasteiger partial charge on any atom is -0.495 e. The smallest absolute Gasteiger partial charge is 0.234 e. The molecular formula is C12H16ClNO3S. The molecule has 0 aliphatic rings. The highest BCUT2D eigenvalue weighted by Crippen LogP contribution is 2.27. The van der Waals surface area contributed by atoms with Crippen LogP contribution in [0, 0.1) is 0 Å². The van der Waals surface area contributed by atoms with Crippen LogP contribution in [0.5, 0.6) is 5.75 Å². The Morgan fingerprint density at radius 2 is 2.33 bits per heavy atom. The van der Waals surface area contributed by atoms with E-state index < -0.39 is 0 Å². The van der Waals surface area contributed by atoms with Gasteiger partial charge < -0.3 is 15.2 Å². The maximum Gasteiger partial charge on any atom is 0.234 e. The van der Waals surface area contributed by atoms with Gasteiger partial charge in [0, 0.05) is 10.9 Å². The molecule has 0 bridgehead atoms. The molecule has 4 nitrogen and oxygen atoms in total. The number of hydrogen-bond donors (Lipinski definition) is 2. The third kappa shape index (κ3) is 4.76. The number of methoxy groups -OCH3 is 1. The van der Waals surface area contributed by atoms with Gasteiger partial charge in [0.1, 0.15) is 5.75 Å². The number of aliphatic hydroxyl groups is 1. The van der Waals surface area contributed by atoms with Gasteiger partial charge in [0.15, 0.2) is 0 Å². The average Bonchev–Trinajstić information content (AvgIpc) is 2.36. The second-order valence-corrected chi connectivity index (χ2v) is 5.54. The van der Waals surface area contributed by atoms with E-state index in [-0.39, 0.29) is 17.8 Å². The summed E-state index contributed by atoms with van der Waals surface area (Å²) >= 11 is 7.34. The van der Waals surface area contributed by atoms with Crippen LogP contribution in [-0.2, 0) is 4.79 Å². The Balaban J connectivity index is 2.52. The first-order valence-electron chi connectivity index (χ1n) is 5.42. The molecule has 1 aromatic rings. The molecule has 0 aromatic heterocycles. The van der Waals surface area contributed by atoms with E-state index in [0.29, 0.717) is 22.2 Å². The van der Waals surface area contributed by atoms with Crippen molar-refractivity contribution in [3.05, 3.63) is 23.2 Å². The Hall–Kier alpha value is -0.910. The highest BCUT2D eigenvalue weighted by atomic mass is 35.5. The van der Waals surface area contributed by atoms with E-state index in [0.717, 1.165) is 0 Å². The molecule has 1 rings (SSSR count). The zero-order chi connectivity index (χ0) is 13.5. The fourth-order valence-electron chi connectivity index (χ4n) is 1.21. The Morgan fingerprint density at radius 1 is 1.61 bits per heavy atom. The number of anilines is 1. The highest BCUT2D eigenvalue weighted by Gasteiger charge is 2.08. The largest absolute Gasteiger partial charge is 0.495 e. The fourth-order valence-corrected chi connectivity index (χ4v) is 2.08. The van der Waals surface area contributed by atoms with Crippen LogP contribution in [-0.4, -0.2) is 35.7 Å². The number of benzene rings is 1. The summed E-state index contributed by atoms with van der Waals surface area (Å²) in [7, 11) is 1.53. The van der Waals surface area contributed by atoms with Crippen LogP contribution in [0.15, 0.2) is 18.2 Å². The van der Waals surface area contributed by atoms with E-state index in [4.69, 9.17) is 21.4 Å². The molecule has 1 unspecified atom stereocenters. The number of carbonyl (C=O) groups excluding carboxylic acids is 1. The van der Waals surface area contributed by atoms with Crippen molar-refractivity contribution in [3.63, 3.8) is 0 Å². The molecule has 100 valence electrons. The van der Waals surface area contributed by atoms with Gasteiger partial charge in [0.2, 0.25) is 5.91 Å². The van der Waals surface area contributed by atoms with Gasteiger partial charge in [-0.3, -0.25) is 4.79 Å². The van der Waals surface area contributed by atoms with Crippen LogP contribution in [0.4, 0.5) is 5.69 Å². The number of ether oxygens (including phenoxy) is 1. The van der Waals surface area contributed by atoms with E-state index in [9.17, 15) is 4.79 Å². The van der Waals surface area contributed by atoms with Crippen molar-refractivity contribution in [3.8, 4) is 5.75 Å². The van der Waals surface area contributed by atoms with Gasteiger partial charge >= 0.3 is 0 Å². The summed E-state index contributed by atoms with van der Waals surface area (Å²) in [6, 6.07) is 5.06. The van der Waals surface area contributed by atoms with Crippen molar-refractivity contribution in [2.45, 2.75) is 12.2 Å². The first kappa shape index (κ1) is 15.1. The predicted molar refractivity (Wildman–Crippen MR) is 75.6 cm³/mol. The van der Waals surface area contributed by atoms with Gasteiger partial charge in [-0.2, -0.15) is 0 Å². The molecule has 0 fully saturated rings. The number of nitrogens with one attached hydrogen (secondary N) is 1. The lowest BCUT2D eigenvalue weighted by Crippen LogP contribution is -2.16. The van der Waals surface area contributed by atoms with Crippen molar-refractivity contribution in [2.24, 2.45) is 0 Å². The molecule has 0 heterocycles. The molecule has 1 amide bonds. The van der Waals surface area contributed by atoms with Crippen molar-refractivity contribution < 1.29 is 14.6 Å². The summed E-state index contributed by atoms with van der Waals surface area (Å²) in [6.45, 7) is 1.93. The molecule has 2 N–H and O–H groups in total. The topological polar surface area (TPSA) is 58.6 Å². The maximum atomic E-state index is 11.6. The van der Waals surface area contributed by atoms with E-state index in [1.807, 2.05) is 6.92 Å². The molecular weight excluding hydrogens is 274 g/mol. The monoisotopic (exact) mass is 289 g/mol. The molecule has 0 spiro atoms. The summed E-state index contributed by atoms with van der Waals surface area (Å²) in [6.07, 6.45) is 0. The number of thioether (sulfide) groups is 1. The Labute approximate surface area is 116 Å². The summed E-state index contributed by atoms with van der Waals surface area (Å²) in [5, 5.41) is 12.1. The van der Waals surface area contributed by atoms with Crippen LogP contribution in [0.3, 0.4) is 0 Å². The SMILES string of the molecule is COc1ccc(NC(=O)CSC(C)CO)cc1Cl. The van der Waals surface area contributed by atoms with Gasteiger partial charge in [-0.25, -0.2) is 0 Å². The lowest BCUT2D eigenvalue weighted by molar-refractivity contribution is -0.113. The van der Waals surface area contributed by atoms with E-state index in [2.05, 4.69) is 5.32 Å². The van der Waals surface area contributed by atoms with Crippen LogP contribution >= 0.6 is 23.4 Å². The highest BCUT2D eigenvalue weighted by molar-refractivity contribution is 8.00. The summed E-state index contributed by atoms with van der Waals surface area (Å²) in [4.78, 5) is 11.6. The Morgan fingerprint density at radius 3 is 2.89 bits per heavy atom. The van der Waals surface area contributed by atoms with E-state index in [1.54, 1.807) is 18.2 Å². The van der Waals surface area contributed by atoms with Crippen LogP contribution in [0.1, 0.15) is 6.92 Å². The fraction of sp³-hybridized carbons (Fsp3) is 0.417. The number of amides is 1. The lowest BCUT2D eigenvalue weighted by atomic mass is 10.3. The minimum atomic E-state index is -0.124. The summed E-state index contributed by atoms with van der Waals surface area (Å²) < 4.78 is 5.02. The zero-order valence-corrected chi connectivity index (χ0v) is 11.8. The molecule has 0 aliphatic heterocycles. The van der Waals surface area contributed by atoms with Gasteiger partial charge in [0.25, 0.3) is 0 Å². The Kier molecular flexibility index (Phi) is 6.32. The van der Waals surface area contributed by atoms with Crippen molar-refractivity contribution in [1.29, 1.82) is 0 Å². The number of carbonyl (C=O) groups is 1. The van der Waals surface area contributed by atoms with Crippen molar-refractivity contribution in [2.75, 3.05) is 24.8 Å². The molecule has 0 radical (unpaired) electrons. The average molecular weight is 290 g/mol.